The smallest absolute Gasteiger partial charge is 0.151 e. The Bertz CT molecular complexity index is 749. The van der Waals surface area contributed by atoms with E-state index < -0.39 is 0 Å². The molecular formula is C15H12BrFN2. The van der Waals surface area contributed by atoms with Gasteiger partial charge in [-0.05, 0) is 28.1 Å². The fourth-order valence-electron chi connectivity index (χ4n) is 2.24. The molecular weight excluding hydrogens is 307 g/mol. The summed E-state index contributed by atoms with van der Waals surface area (Å²) in [5.41, 5.74) is 7.44. The summed E-state index contributed by atoms with van der Waals surface area (Å²) >= 11 is 3.52. The second-order valence-electron chi connectivity index (χ2n) is 4.44. The second kappa shape index (κ2) is 4.70. The van der Waals surface area contributed by atoms with Crippen LogP contribution in [0.5, 0.6) is 0 Å². The van der Waals surface area contributed by atoms with Crippen molar-refractivity contribution in [3.63, 3.8) is 0 Å². The van der Waals surface area contributed by atoms with Crippen molar-refractivity contribution in [1.82, 2.24) is 4.57 Å². The summed E-state index contributed by atoms with van der Waals surface area (Å²) in [5, 5.41) is 1.12. The maximum atomic E-state index is 13.9. The Morgan fingerprint density at radius 2 is 1.89 bits per heavy atom. The van der Waals surface area contributed by atoms with Crippen LogP contribution < -0.4 is 5.73 Å². The molecule has 0 spiro atoms. The van der Waals surface area contributed by atoms with Gasteiger partial charge in [-0.25, -0.2) is 4.39 Å². The van der Waals surface area contributed by atoms with Gasteiger partial charge in [0.1, 0.15) is 0 Å². The molecule has 0 saturated heterocycles. The highest BCUT2D eigenvalue weighted by atomic mass is 79.9. The Morgan fingerprint density at radius 1 is 1.11 bits per heavy atom. The van der Waals surface area contributed by atoms with E-state index in [1.165, 1.54) is 0 Å². The molecule has 3 aromatic rings. The Balaban J connectivity index is 2.09. The highest BCUT2D eigenvalue weighted by Crippen LogP contribution is 2.27. The van der Waals surface area contributed by atoms with Gasteiger partial charge in [0, 0.05) is 27.1 Å². The molecule has 0 radical (unpaired) electrons. The van der Waals surface area contributed by atoms with Crippen molar-refractivity contribution in [1.29, 1.82) is 0 Å². The van der Waals surface area contributed by atoms with Gasteiger partial charge in [-0.3, -0.25) is 0 Å². The van der Waals surface area contributed by atoms with Crippen LogP contribution in [0, 0.1) is 5.82 Å². The molecule has 0 aliphatic rings. The lowest BCUT2D eigenvalue weighted by atomic mass is 10.2. The molecule has 0 atom stereocenters. The topological polar surface area (TPSA) is 30.9 Å². The van der Waals surface area contributed by atoms with E-state index >= 15 is 0 Å². The van der Waals surface area contributed by atoms with Crippen molar-refractivity contribution in [3.05, 3.63) is 64.5 Å². The minimum absolute atomic E-state index is 0.188. The molecule has 1 heterocycles. The minimum atomic E-state index is -0.337. The molecule has 1 aromatic heterocycles. The van der Waals surface area contributed by atoms with Gasteiger partial charge < -0.3 is 10.3 Å². The summed E-state index contributed by atoms with van der Waals surface area (Å²) in [5.74, 6) is -0.337. The molecule has 0 saturated carbocycles. The van der Waals surface area contributed by atoms with Crippen LogP contribution in [0.4, 0.5) is 10.1 Å². The summed E-state index contributed by atoms with van der Waals surface area (Å²) in [6, 6.07) is 13.1. The Kier molecular flexibility index (Phi) is 3.03. The molecule has 2 N–H and O–H groups in total. The van der Waals surface area contributed by atoms with Gasteiger partial charge in [0.2, 0.25) is 0 Å². The average Bonchev–Trinajstić information content (AvgIpc) is 2.73. The standard InChI is InChI=1S/C15H12BrFN2/c16-12-9-19(14-7-2-1-5-11(12)14)8-10-4-3-6-13(18)15(10)17/h1-7,9H,8,18H2. The zero-order chi connectivity index (χ0) is 13.4. The number of hydrogen-bond acceptors (Lipinski definition) is 1. The van der Waals surface area contributed by atoms with Crippen molar-refractivity contribution < 1.29 is 4.39 Å². The molecule has 0 unspecified atom stereocenters. The second-order valence-corrected chi connectivity index (χ2v) is 5.30. The molecule has 0 amide bonds. The average molecular weight is 319 g/mol. The SMILES string of the molecule is Nc1cccc(Cn2cc(Br)c3ccccc32)c1F. The van der Waals surface area contributed by atoms with Gasteiger partial charge in [0.25, 0.3) is 0 Å². The van der Waals surface area contributed by atoms with Crippen LogP contribution >= 0.6 is 15.9 Å². The number of nitrogens with zero attached hydrogens (tertiary/aromatic N) is 1. The lowest BCUT2D eigenvalue weighted by Gasteiger charge is -2.08. The van der Waals surface area contributed by atoms with Gasteiger partial charge in [-0.1, -0.05) is 30.3 Å². The van der Waals surface area contributed by atoms with Crippen molar-refractivity contribution in [3.8, 4) is 0 Å². The van der Waals surface area contributed by atoms with Gasteiger partial charge in [-0.2, -0.15) is 0 Å². The first kappa shape index (κ1) is 12.2. The van der Waals surface area contributed by atoms with E-state index in [1.54, 1.807) is 18.2 Å². The number of fused-ring (bicyclic) bond motifs is 1. The molecule has 0 bridgehead atoms. The third-order valence-corrected chi connectivity index (χ3v) is 3.82. The molecule has 3 rings (SSSR count). The largest absolute Gasteiger partial charge is 0.396 e. The molecule has 2 aromatic carbocycles. The number of aromatic nitrogens is 1. The van der Waals surface area contributed by atoms with Crippen molar-refractivity contribution >= 4 is 32.5 Å². The molecule has 0 aliphatic heterocycles. The number of halogens is 2. The van der Waals surface area contributed by atoms with E-state index in [-0.39, 0.29) is 11.5 Å². The Hall–Kier alpha value is -1.81. The Morgan fingerprint density at radius 3 is 2.74 bits per heavy atom. The maximum Gasteiger partial charge on any atom is 0.151 e. The number of benzene rings is 2. The molecule has 96 valence electrons. The molecule has 0 fully saturated rings. The van der Waals surface area contributed by atoms with E-state index in [4.69, 9.17) is 5.73 Å². The summed E-state index contributed by atoms with van der Waals surface area (Å²) in [6.07, 6.45) is 1.97. The zero-order valence-electron chi connectivity index (χ0n) is 10.1. The highest BCUT2D eigenvalue weighted by molar-refractivity contribution is 9.10. The van der Waals surface area contributed by atoms with E-state index in [0.717, 1.165) is 15.4 Å². The lowest BCUT2D eigenvalue weighted by molar-refractivity contribution is 0.606. The quantitative estimate of drug-likeness (QED) is 0.706. The molecule has 19 heavy (non-hydrogen) atoms. The molecule has 0 aliphatic carbocycles. The molecule has 2 nitrogen and oxygen atoms in total. The van der Waals surface area contributed by atoms with Crippen LogP contribution in [-0.4, -0.2) is 4.57 Å². The summed E-state index contributed by atoms with van der Waals surface area (Å²) in [7, 11) is 0. The van der Waals surface area contributed by atoms with E-state index in [0.29, 0.717) is 12.1 Å². The van der Waals surface area contributed by atoms with Crippen LogP contribution in [0.15, 0.2) is 53.1 Å². The minimum Gasteiger partial charge on any atom is -0.396 e. The predicted molar refractivity (Wildman–Crippen MR) is 79.6 cm³/mol. The third kappa shape index (κ3) is 2.12. The fraction of sp³-hybridized carbons (Fsp3) is 0.0667. The monoisotopic (exact) mass is 318 g/mol. The van der Waals surface area contributed by atoms with E-state index in [1.807, 2.05) is 35.0 Å². The predicted octanol–water partition coefficient (Wildman–Crippen LogP) is 4.17. The van der Waals surface area contributed by atoms with E-state index in [2.05, 4.69) is 15.9 Å². The summed E-state index contributed by atoms with van der Waals surface area (Å²) in [6.45, 7) is 0.461. The first-order valence-electron chi connectivity index (χ1n) is 5.93. The first-order chi connectivity index (χ1) is 9.16. The number of nitrogens with two attached hydrogens (primary N) is 1. The van der Waals surface area contributed by atoms with E-state index in [9.17, 15) is 4.39 Å². The van der Waals surface area contributed by atoms with Gasteiger partial charge in [0.15, 0.2) is 5.82 Å². The number of hydrogen-bond donors (Lipinski definition) is 1. The van der Waals surface area contributed by atoms with Crippen LogP contribution in [-0.2, 0) is 6.54 Å². The lowest BCUT2D eigenvalue weighted by Crippen LogP contribution is -2.02. The van der Waals surface area contributed by atoms with Crippen LogP contribution in [0.1, 0.15) is 5.56 Å². The van der Waals surface area contributed by atoms with Gasteiger partial charge in [-0.15, -0.1) is 0 Å². The number of nitrogen functional groups attached to an aromatic ring is 1. The third-order valence-electron chi connectivity index (χ3n) is 3.19. The van der Waals surface area contributed by atoms with Gasteiger partial charge >= 0.3 is 0 Å². The molecule has 4 heteroatoms. The fourth-order valence-corrected chi connectivity index (χ4v) is 2.82. The van der Waals surface area contributed by atoms with Crippen LogP contribution in [0.2, 0.25) is 0 Å². The Labute approximate surface area is 118 Å². The summed E-state index contributed by atoms with van der Waals surface area (Å²) in [4.78, 5) is 0. The van der Waals surface area contributed by atoms with Crippen molar-refractivity contribution in [2.45, 2.75) is 6.54 Å². The first-order valence-corrected chi connectivity index (χ1v) is 6.72. The highest BCUT2D eigenvalue weighted by Gasteiger charge is 2.09. The number of anilines is 1. The number of rotatable bonds is 2. The van der Waals surface area contributed by atoms with Crippen LogP contribution in [0.3, 0.4) is 0 Å². The van der Waals surface area contributed by atoms with Crippen molar-refractivity contribution in [2.75, 3.05) is 5.73 Å². The number of para-hydroxylation sites is 1. The van der Waals surface area contributed by atoms with Gasteiger partial charge in [0.05, 0.1) is 12.2 Å². The zero-order valence-corrected chi connectivity index (χ0v) is 11.7. The summed E-state index contributed by atoms with van der Waals surface area (Å²) < 4.78 is 17.0. The van der Waals surface area contributed by atoms with Crippen molar-refractivity contribution in [2.24, 2.45) is 0 Å². The maximum absolute atomic E-state index is 13.9. The normalized spacial score (nSPS) is 11.1. The van der Waals surface area contributed by atoms with Crippen LogP contribution in [0.25, 0.3) is 10.9 Å².